The van der Waals surface area contributed by atoms with Gasteiger partial charge in [0.25, 0.3) is 0 Å². The molecule has 0 aromatic heterocycles. The molecule has 0 saturated heterocycles. The number of halogens is 2. The zero-order valence-electron chi connectivity index (χ0n) is 11.5. The average Bonchev–Trinajstić information content (AvgIpc) is 2.45. The molecule has 1 aromatic rings. The monoisotopic (exact) mass is 289 g/mol. The van der Waals surface area contributed by atoms with Crippen molar-refractivity contribution in [3.63, 3.8) is 0 Å². The first kappa shape index (κ1) is 16.2. The first-order valence-corrected chi connectivity index (χ1v) is 5.91. The summed E-state index contributed by atoms with van der Waals surface area (Å²) >= 11 is 0. The molecule has 5 nitrogen and oxygen atoms in total. The lowest BCUT2D eigenvalue weighted by atomic mass is 10.00. The van der Waals surface area contributed by atoms with Crippen LogP contribution in [0.5, 0.6) is 11.5 Å². The van der Waals surface area contributed by atoms with Gasteiger partial charge in [-0.15, -0.1) is 0 Å². The summed E-state index contributed by atoms with van der Waals surface area (Å²) in [7, 11) is 2.71. The molecule has 0 fully saturated rings. The summed E-state index contributed by atoms with van der Waals surface area (Å²) in [5.74, 6) is -5.06. The SMILES string of the molecule is CCOC(=O)C(F)(F)[C@H](N)c1cc(OC)ccc1OC. The zero-order valence-corrected chi connectivity index (χ0v) is 11.5. The van der Waals surface area contributed by atoms with Gasteiger partial charge in [-0.25, -0.2) is 4.79 Å². The van der Waals surface area contributed by atoms with Crippen LogP contribution in [0.1, 0.15) is 18.5 Å². The van der Waals surface area contributed by atoms with Crippen molar-refractivity contribution in [3.05, 3.63) is 23.8 Å². The van der Waals surface area contributed by atoms with Crippen LogP contribution in [0.3, 0.4) is 0 Å². The van der Waals surface area contributed by atoms with Gasteiger partial charge in [-0.1, -0.05) is 0 Å². The van der Waals surface area contributed by atoms with Crippen LogP contribution in [0.4, 0.5) is 8.78 Å². The fourth-order valence-corrected chi connectivity index (χ4v) is 1.63. The molecule has 1 rings (SSSR count). The molecule has 0 radical (unpaired) electrons. The van der Waals surface area contributed by atoms with Crippen LogP contribution in [0.25, 0.3) is 0 Å². The van der Waals surface area contributed by atoms with Crippen molar-refractivity contribution >= 4 is 5.97 Å². The largest absolute Gasteiger partial charge is 0.497 e. The standard InChI is InChI=1S/C13H17F2NO4/c1-4-20-12(17)13(14,15)11(16)9-7-8(18-2)5-6-10(9)19-3/h5-7,11H,4,16H2,1-3H3/t11-/m1/s1. The van der Waals surface area contributed by atoms with E-state index in [0.717, 1.165) is 0 Å². The predicted octanol–water partition coefficient (Wildman–Crippen LogP) is 1.90. The Bertz CT molecular complexity index is 479. The second-order valence-electron chi connectivity index (χ2n) is 3.93. The minimum Gasteiger partial charge on any atom is -0.497 e. The third-order valence-electron chi connectivity index (χ3n) is 2.71. The summed E-state index contributed by atoms with van der Waals surface area (Å²) in [5.41, 5.74) is 5.48. The third-order valence-corrected chi connectivity index (χ3v) is 2.71. The molecule has 0 aliphatic heterocycles. The smallest absolute Gasteiger partial charge is 0.379 e. The Labute approximate surface area is 115 Å². The molecule has 2 N–H and O–H groups in total. The van der Waals surface area contributed by atoms with Gasteiger partial charge in [0, 0.05) is 5.56 Å². The maximum Gasteiger partial charge on any atom is 0.379 e. The minimum atomic E-state index is -3.87. The molecule has 0 bridgehead atoms. The average molecular weight is 289 g/mol. The number of carbonyl (C=O) groups excluding carboxylic acids is 1. The molecule has 0 heterocycles. The maximum absolute atomic E-state index is 13.9. The molecule has 0 aliphatic rings. The van der Waals surface area contributed by atoms with E-state index in [9.17, 15) is 13.6 Å². The van der Waals surface area contributed by atoms with Crippen molar-refractivity contribution in [2.75, 3.05) is 20.8 Å². The first-order chi connectivity index (χ1) is 9.38. The molecule has 20 heavy (non-hydrogen) atoms. The number of alkyl halides is 2. The molecule has 1 atom stereocenters. The van der Waals surface area contributed by atoms with E-state index in [0.29, 0.717) is 5.75 Å². The number of hydrogen-bond acceptors (Lipinski definition) is 5. The van der Waals surface area contributed by atoms with Crippen LogP contribution in [0.15, 0.2) is 18.2 Å². The highest BCUT2D eigenvalue weighted by atomic mass is 19.3. The van der Waals surface area contributed by atoms with Crippen LogP contribution in [-0.4, -0.2) is 32.7 Å². The number of esters is 1. The lowest BCUT2D eigenvalue weighted by Crippen LogP contribution is -2.41. The number of nitrogens with two attached hydrogens (primary N) is 1. The van der Waals surface area contributed by atoms with E-state index >= 15 is 0 Å². The lowest BCUT2D eigenvalue weighted by molar-refractivity contribution is -0.174. The summed E-state index contributed by atoms with van der Waals surface area (Å²) in [6.45, 7) is 1.28. The summed E-state index contributed by atoms with van der Waals surface area (Å²) < 4.78 is 42.2. The molecular formula is C13H17F2NO4. The Kier molecular flexibility index (Phi) is 5.26. The van der Waals surface area contributed by atoms with Gasteiger partial charge in [0.1, 0.15) is 17.5 Å². The van der Waals surface area contributed by atoms with Gasteiger partial charge < -0.3 is 19.9 Å². The Morgan fingerprint density at radius 3 is 2.50 bits per heavy atom. The zero-order chi connectivity index (χ0) is 15.3. The van der Waals surface area contributed by atoms with Gasteiger partial charge in [-0.3, -0.25) is 0 Å². The molecule has 0 unspecified atom stereocenters. The normalized spacial score (nSPS) is 12.7. The Morgan fingerprint density at radius 2 is 2.00 bits per heavy atom. The highest BCUT2D eigenvalue weighted by molar-refractivity contribution is 5.79. The Morgan fingerprint density at radius 1 is 1.35 bits per heavy atom. The minimum absolute atomic E-state index is 0.0371. The number of carbonyl (C=O) groups is 1. The van der Waals surface area contributed by atoms with Crippen LogP contribution < -0.4 is 15.2 Å². The fourth-order valence-electron chi connectivity index (χ4n) is 1.63. The first-order valence-electron chi connectivity index (χ1n) is 5.91. The molecule has 0 spiro atoms. The van der Waals surface area contributed by atoms with Crippen LogP contribution in [0.2, 0.25) is 0 Å². The molecule has 0 aliphatic carbocycles. The summed E-state index contributed by atoms with van der Waals surface area (Å²) in [6.07, 6.45) is 0. The van der Waals surface area contributed by atoms with Gasteiger partial charge in [-0.05, 0) is 25.1 Å². The van der Waals surface area contributed by atoms with Gasteiger partial charge in [0.2, 0.25) is 0 Å². The van der Waals surface area contributed by atoms with Crippen LogP contribution in [0, 0.1) is 0 Å². The number of benzene rings is 1. The third kappa shape index (κ3) is 3.16. The summed E-state index contributed by atoms with van der Waals surface area (Å²) in [4.78, 5) is 11.3. The van der Waals surface area contributed by atoms with Crippen molar-refractivity contribution in [1.29, 1.82) is 0 Å². The van der Waals surface area contributed by atoms with Gasteiger partial charge in [0.05, 0.1) is 20.8 Å². The molecule has 0 amide bonds. The number of rotatable bonds is 6. The molecular weight excluding hydrogens is 272 g/mol. The van der Waals surface area contributed by atoms with E-state index in [2.05, 4.69) is 4.74 Å². The lowest BCUT2D eigenvalue weighted by Gasteiger charge is -2.23. The summed E-state index contributed by atoms with van der Waals surface area (Å²) in [5, 5.41) is 0. The highest BCUT2D eigenvalue weighted by Gasteiger charge is 2.48. The molecule has 1 aromatic carbocycles. The van der Waals surface area contributed by atoms with Crippen molar-refractivity contribution < 1.29 is 27.8 Å². The van der Waals surface area contributed by atoms with Crippen LogP contribution in [-0.2, 0) is 9.53 Å². The van der Waals surface area contributed by atoms with E-state index in [1.54, 1.807) is 0 Å². The highest BCUT2D eigenvalue weighted by Crippen LogP contribution is 2.37. The Balaban J connectivity index is 3.18. The Hall–Kier alpha value is -1.89. The maximum atomic E-state index is 13.9. The van der Waals surface area contributed by atoms with Gasteiger partial charge in [-0.2, -0.15) is 8.78 Å². The van der Waals surface area contributed by atoms with Crippen molar-refractivity contribution in [2.45, 2.75) is 18.9 Å². The van der Waals surface area contributed by atoms with E-state index in [1.165, 1.54) is 39.3 Å². The van der Waals surface area contributed by atoms with Crippen LogP contribution >= 0.6 is 0 Å². The topological polar surface area (TPSA) is 70.8 Å². The van der Waals surface area contributed by atoms with Crippen molar-refractivity contribution in [3.8, 4) is 11.5 Å². The number of ether oxygens (including phenoxy) is 3. The van der Waals surface area contributed by atoms with E-state index < -0.39 is 17.9 Å². The quantitative estimate of drug-likeness (QED) is 0.810. The second kappa shape index (κ2) is 6.51. The second-order valence-corrected chi connectivity index (χ2v) is 3.93. The number of methoxy groups -OCH3 is 2. The molecule has 7 heteroatoms. The predicted molar refractivity (Wildman–Crippen MR) is 68.1 cm³/mol. The molecule has 112 valence electrons. The van der Waals surface area contributed by atoms with E-state index in [4.69, 9.17) is 15.2 Å². The fraction of sp³-hybridized carbons (Fsp3) is 0.462. The number of hydrogen-bond donors (Lipinski definition) is 1. The van der Waals surface area contributed by atoms with Gasteiger partial charge >= 0.3 is 11.9 Å². The van der Waals surface area contributed by atoms with Gasteiger partial charge in [0.15, 0.2) is 0 Å². The van der Waals surface area contributed by atoms with E-state index in [-0.39, 0.29) is 17.9 Å². The summed E-state index contributed by atoms with van der Waals surface area (Å²) in [6, 6.07) is 2.38. The van der Waals surface area contributed by atoms with Crippen molar-refractivity contribution in [1.82, 2.24) is 0 Å². The van der Waals surface area contributed by atoms with E-state index in [1.807, 2.05) is 0 Å². The van der Waals surface area contributed by atoms with Crippen molar-refractivity contribution in [2.24, 2.45) is 5.73 Å². The molecule has 0 saturated carbocycles.